The van der Waals surface area contributed by atoms with Gasteiger partial charge in [-0.1, -0.05) is 0 Å². The lowest BCUT2D eigenvalue weighted by Gasteiger charge is -2.06. The van der Waals surface area contributed by atoms with E-state index in [9.17, 15) is 4.79 Å². The number of rotatable bonds is 6. The summed E-state index contributed by atoms with van der Waals surface area (Å²) in [5, 5.41) is 3.31. The Balaban J connectivity index is 1.55. The van der Waals surface area contributed by atoms with Crippen LogP contribution in [0.15, 0.2) is 30.5 Å². The van der Waals surface area contributed by atoms with E-state index < -0.39 is 0 Å². The lowest BCUT2D eigenvalue weighted by atomic mass is 10.3. The Morgan fingerprint density at radius 3 is 3.00 bits per heavy atom. The van der Waals surface area contributed by atoms with Crippen LogP contribution in [0.3, 0.4) is 0 Å². The molecule has 1 aliphatic rings. The van der Waals surface area contributed by atoms with Gasteiger partial charge in [0.15, 0.2) is 5.78 Å². The molecule has 2 rings (SSSR count). The van der Waals surface area contributed by atoms with Crippen molar-refractivity contribution in [2.75, 3.05) is 6.54 Å². The van der Waals surface area contributed by atoms with Crippen molar-refractivity contribution >= 4 is 5.78 Å². The van der Waals surface area contributed by atoms with Gasteiger partial charge in [0.1, 0.15) is 0 Å². The Kier molecular flexibility index (Phi) is 3.75. The van der Waals surface area contributed by atoms with Crippen molar-refractivity contribution in [2.45, 2.75) is 32.2 Å². The zero-order chi connectivity index (χ0) is 11.2. The summed E-state index contributed by atoms with van der Waals surface area (Å²) in [6, 6.07) is 0. The summed E-state index contributed by atoms with van der Waals surface area (Å²) in [5.74, 6) is 0.251. The second-order valence-electron chi connectivity index (χ2n) is 4.07. The van der Waals surface area contributed by atoms with Crippen LogP contribution in [0.1, 0.15) is 25.7 Å². The summed E-state index contributed by atoms with van der Waals surface area (Å²) in [6.45, 7) is 1.97. The molecule has 86 valence electrons. The van der Waals surface area contributed by atoms with E-state index in [-0.39, 0.29) is 5.78 Å². The number of allylic oxidation sites excluding steroid dienone is 2. The van der Waals surface area contributed by atoms with Gasteiger partial charge in [-0.15, -0.1) is 0 Å². The van der Waals surface area contributed by atoms with Gasteiger partial charge in [-0.3, -0.25) is 4.79 Å². The highest BCUT2D eigenvalue weighted by Crippen LogP contribution is 2.11. The predicted octanol–water partition coefficient (Wildman–Crippen LogP) is 1.50. The van der Waals surface area contributed by atoms with E-state index in [2.05, 4.69) is 14.9 Å². The van der Waals surface area contributed by atoms with Crippen LogP contribution in [0.4, 0.5) is 0 Å². The van der Waals surface area contributed by atoms with Gasteiger partial charge in [0.2, 0.25) is 0 Å². The molecule has 0 saturated heterocycles. The Labute approximate surface area is 95.4 Å². The molecule has 0 aromatic carbocycles. The van der Waals surface area contributed by atoms with E-state index in [0.717, 1.165) is 38.0 Å². The van der Waals surface area contributed by atoms with E-state index >= 15 is 0 Å². The lowest BCUT2D eigenvalue weighted by Crippen LogP contribution is -2.13. The van der Waals surface area contributed by atoms with Crippen molar-refractivity contribution in [1.29, 1.82) is 0 Å². The molecule has 4 nitrogen and oxygen atoms in total. The number of unbranched alkanes of at least 4 members (excludes halogenated alkanes) is 1. The minimum Gasteiger partial charge on any atom is -0.388 e. The summed E-state index contributed by atoms with van der Waals surface area (Å²) in [4.78, 5) is 15.0. The molecule has 0 amide bonds. The van der Waals surface area contributed by atoms with Crippen LogP contribution >= 0.6 is 0 Å². The van der Waals surface area contributed by atoms with Gasteiger partial charge < -0.3 is 9.88 Å². The number of aryl methyl sites for hydroxylation is 1. The van der Waals surface area contributed by atoms with E-state index in [0.29, 0.717) is 6.42 Å². The van der Waals surface area contributed by atoms with Crippen molar-refractivity contribution < 1.29 is 4.79 Å². The molecule has 0 unspecified atom stereocenters. The van der Waals surface area contributed by atoms with Crippen molar-refractivity contribution in [2.24, 2.45) is 0 Å². The Morgan fingerprint density at radius 2 is 2.31 bits per heavy atom. The highest BCUT2D eigenvalue weighted by molar-refractivity contribution is 5.92. The molecule has 0 spiro atoms. The molecule has 1 aromatic rings. The first-order chi connectivity index (χ1) is 7.84. The molecule has 4 heteroatoms. The average Bonchev–Trinajstić information content (AvgIpc) is 2.89. The van der Waals surface area contributed by atoms with Crippen LogP contribution in [-0.2, 0) is 11.3 Å². The molecule has 16 heavy (non-hydrogen) atoms. The largest absolute Gasteiger partial charge is 0.388 e. The van der Waals surface area contributed by atoms with Crippen LogP contribution in [0.2, 0.25) is 0 Å². The second kappa shape index (κ2) is 5.49. The van der Waals surface area contributed by atoms with E-state index in [1.807, 2.05) is 12.5 Å². The quantitative estimate of drug-likeness (QED) is 0.737. The molecule has 0 aliphatic heterocycles. The molecule has 0 radical (unpaired) electrons. The molecule has 0 atom stereocenters. The molecule has 1 aliphatic carbocycles. The molecular weight excluding hydrogens is 202 g/mol. The number of hydrogen-bond donors (Lipinski definition) is 1. The van der Waals surface area contributed by atoms with Crippen LogP contribution in [0, 0.1) is 0 Å². The molecule has 1 aromatic heterocycles. The Morgan fingerprint density at radius 1 is 1.38 bits per heavy atom. The zero-order valence-corrected chi connectivity index (χ0v) is 9.35. The van der Waals surface area contributed by atoms with Gasteiger partial charge in [0.05, 0.1) is 6.33 Å². The average molecular weight is 219 g/mol. The molecule has 1 N–H and O–H groups in total. The van der Waals surface area contributed by atoms with Gasteiger partial charge in [-0.25, -0.2) is 4.98 Å². The number of carbonyl (C=O) groups is 1. The van der Waals surface area contributed by atoms with E-state index in [4.69, 9.17) is 0 Å². The molecule has 1 heterocycles. The zero-order valence-electron chi connectivity index (χ0n) is 9.35. The summed E-state index contributed by atoms with van der Waals surface area (Å²) in [5.41, 5.74) is 1.10. The third kappa shape index (κ3) is 3.22. The first-order valence-electron chi connectivity index (χ1n) is 5.77. The van der Waals surface area contributed by atoms with E-state index in [1.165, 1.54) is 0 Å². The number of hydrogen-bond acceptors (Lipinski definition) is 3. The van der Waals surface area contributed by atoms with Crippen LogP contribution in [-0.4, -0.2) is 21.9 Å². The van der Waals surface area contributed by atoms with Gasteiger partial charge in [0.25, 0.3) is 0 Å². The van der Waals surface area contributed by atoms with Gasteiger partial charge in [-0.05, 0) is 19.3 Å². The van der Waals surface area contributed by atoms with Crippen molar-refractivity contribution in [3.05, 3.63) is 30.5 Å². The SMILES string of the molecule is O=C1C=C(NCCCCn2ccnc2)CC1. The first kappa shape index (κ1) is 10.9. The number of imidazole rings is 1. The van der Waals surface area contributed by atoms with Crippen molar-refractivity contribution in [3.63, 3.8) is 0 Å². The third-order valence-corrected chi connectivity index (χ3v) is 2.73. The Bertz CT molecular complexity index is 368. The smallest absolute Gasteiger partial charge is 0.157 e. The van der Waals surface area contributed by atoms with E-state index in [1.54, 1.807) is 12.3 Å². The first-order valence-corrected chi connectivity index (χ1v) is 5.77. The summed E-state index contributed by atoms with van der Waals surface area (Å²) in [7, 11) is 0. The number of nitrogens with one attached hydrogen (secondary N) is 1. The summed E-state index contributed by atoms with van der Waals surface area (Å²) >= 11 is 0. The maximum atomic E-state index is 11.0. The molecule has 0 fully saturated rings. The number of carbonyl (C=O) groups excluding carboxylic acids is 1. The van der Waals surface area contributed by atoms with Gasteiger partial charge in [-0.2, -0.15) is 0 Å². The van der Waals surface area contributed by atoms with Crippen LogP contribution in [0.25, 0.3) is 0 Å². The second-order valence-corrected chi connectivity index (χ2v) is 4.07. The number of aromatic nitrogens is 2. The fourth-order valence-electron chi connectivity index (χ4n) is 1.82. The highest BCUT2D eigenvalue weighted by atomic mass is 16.1. The Hall–Kier alpha value is -1.58. The fourth-order valence-corrected chi connectivity index (χ4v) is 1.82. The fraction of sp³-hybridized carbons (Fsp3) is 0.500. The van der Waals surface area contributed by atoms with Crippen LogP contribution in [0.5, 0.6) is 0 Å². The topological polar surface area (TPSA) is 46.9 Å². The standard InChI is InChI=1S/C12H17N3O/c16-12-4-3-11(9-12)14-5-1-2-7-15-8-6-13-10-15/h6,8-10,14H,1-5,7H2. The maximum absolute atomic E-state index is 11.0. The normalized spacial score (nSPS) is 15.2. The third-order valence-electron chi connectivity index (χ3n) is 2.73. The summed E-state index contributed by atoms with van der Waals surface area (Å²) in [6.07, 6.45) is 11.2. The van der Waals surface area contributed by atoms with Gasteiger partial charge in [0, 0.05) is 43.7 Å². The monoisotopic (exact) mass is 219 g/mol. The van der Waals surface area contributed by atoms with Crippen molar-refractivity contribution in [1.82, 2.24) is 14.9 Å². The van der Waals surface area contributed by atoms with Crippen molar-refractivity contribution in [3.8, 4) is 0 Å². The van der Waals surface area contributed by atoms with Gasteiger partial charge >= 0.3 is 0 Å². The molecular formula is C12H17N3O. The molecule has 0 saturated carbocycles. The minimum atomic E-state index is 0.251. The summed E-state index contributed by atoms with van der Waals surface area (Å²) < 4.78 is 2.08. The highest BCUT2D eigenvalue weighted by Gasteiger charge is 2.10. The molecule has 0 bridgehead atoms. The lowest BCUT2D eigenvalue weighted by molar-refractivity contribution is -0.114. The maximum Gasteiger partial charge on any atom is 0.157 e. The minimum absolute atomic E-state index is 0.251. The number of nitrogens with zero attached hydrogens (tertiary/aromatic N) is 2. The number of ketones is 1. The van der Waals surface area contributed by atoms with Crippen LogP contribution < -0.4 is 5.32 Å². The predicted molar refractivity (Wildman–Crippen MR) is 61.8 cm³/mol.